The highest BCUT2D eigenvalue weighted by molar-refractivity contribution is 5.66. The molecule has 90 valence electrons. The fourth-order valence-corrected chi connectivity index (χ4v) is 2.25. The molecule has 0 amide bonds. The predicted molar refractivity (Wildman–Crippen MR) is 72.7 cm³/mol. The summed E-state index contributed by atoms with van der Waals surface area (Å²) in [5, 5.41) is 0. The van der Waals surface area contributed by atoms with Gasteiger partial charge >= 0.3 is 0 Å². The first-order valence-electron chi connectivity index (χ1n) is 5.74. The van der Waals surface area contributed by atoms with Crippen LogP contribution in [-0.2, 0) is 10.8 Å². The Labute approximate surface area is 99.0 Å². The summed E-state index contributed by atoms with van der Waals surface area (Å²) in [6.45, 7) is 13.0. The van der Waals surface area contributed by atoms with E-state index in [0.717, 1.165) is 11.4 Å². The van der Waals surface area contributed by atoms with Crippen LogP contribution in [0.15, 0.2) is 12.1 Å². The summed E-state index contributed by atoms with van der Waals surface area (Å²) in [5.74, 6) is 0. The summed E-state index contributed by atoms with van der Waals surface area (Å²) >= 11 is 0. The molecule has 0 aliphatic heterocycles. The first kappa shape index (κ1) is 12.9. The quantitative estimate of drug-likeness (QED) is 0.658. The molecule has 0 aliphatic rings. The number of nitrogens with two attached hydrogens (primary N) is 2. The summed E-state index contributed by atoms with van der Waals surface area (Å²) in [7, 11) is 0. The highest BCUT2D eigenvalue weighted by Crippen LogP contribution is 2.40. The minimum atomic E-state index is 0.0159. The van der Waals surface area contributed by atoms with Crippen LogP contribution in [0.4, 0.5) is 11.4 Å². The summed E-state index contributed by atoms with van der Waals surface area (Å²) in [6, 6.07) is 3.82. The topological polar surface area (TPSA) is 52.0 Å². The Bertz CT molecular complexity index is 353. The van der Waals surface area contributed by atoms with E-state index in [-0.39, 0.29) is 10.8 Å². The fraction of sp³-hybridized carbons (Fsp3) is 0.571. The van der Waals surface area contributed by atoms with E-state index in [4.69, 9.17) is 11.5 Å². The highest BCUT2D eigenvalue weighted by atomic mass is 14.6. The number of nitrogen functional groups attached to an aromatic ring is 2. The van der Waals surface area contributed by atoms with Crippen molar-refractivity contribution in [1.82, 2.24) is 0 Å². The van der Waals surface area contributed by atoms with Gasteiger partial charge in [0.25, 0.3) is 0 Å². The molecule has 0 bridgehead atoms. The second kappa shape index (κ2) is 3.69. The van der Waals surface area contributed by atoms with Gasteiger partial charge in [-0.15, -0.1) is 0 Å². The zero-order valence-corrected chi connectivity index (χ0v) is 11.3. The van der Waals surface area contributed by atoms with E-state index in [1.807, 2.05) is 12.1 Å². The van der Waals surface area contributed by atoms with E-state index >= 15 is 0 Å². The van der Waals surface area contributed by atoms with Gasteiger partial charge in [-0.1, -0.05) is 41.5 Å². The molecule has 0 spiro atoms. The second-order valence-corrected chi connectivity index (χ2v) is 6.49. The number of benzene rings is 1. The lowest BCUT2D eigenvalue weighted by Gasteiger charge is -2.32. The molecule has 0 aliphatic carbocycles. The molecule has 4 N–H and O–H groups in total. The van der Waals surface area contributed by atoms with Gasteiger partial charge in [-0.2, -0.15) is 0 Å². The smallest absolute Gasteiger partial charge is 0.0356 e. The van der Waals surface area contributed by atoms with Gasteiger partial charge in [0, 0.05) is 11.4 Å². The van der Waals surface area contributed by atoms with Crippen LogP contribution >= 0.6 is 0 Å². The van der Waals surface area contributed by atoms with Gasteiger partial charge in [0.2, 0.25) is 0 Å². The Morgan fingerprint density at radius 3 is 1.12 bits per heavy atom. The van der Waals surface area contributed by atoms with Crippen LogP contribution in [-0.4, -0.2) is 0 Å². The maximum Gasteiger partial charge on any atom is 0.0356 e. The van der Waals surface area contributed by atoms with Gasteiger partial charge in [-0.05, 0) is 34.1 Å². The van der Waals surface area contributed by atoms with Crippen molar-refractivity contribution in [2.75, 3.05) is 11.5 Å². The summed E-state index contributed by atoms with van der Waals surface area (Å²) in [6.07, 6.45) is 0. The third-order valence-corrected chi connectivity index (χ3v) is 2.77. The molecule has 1 aromatic rings. The van der Waals surface area contributed by atoms with Crippen LogP contribution < -0.4 is 11.5 Å². The third-order valence-electron chi connectivity index (χ3n) is 2.77. The third kappa shape index (κ3) is 2.31. The number of rotatable bonds is 0. The van der Waals surface area contributed by atoms with Crippen LogP contribution in [0, 0.1) is 0 Å². The van der Waals surface area contributed by atoms with Crippen molar-refractivity contribution in [1.29, 1.82) is 0 Å². The molecule has 1 rings (SSSR count). The maximum atomic E-state index is 6.12. The molecule has 0 heterocycles. The molecule has 0 atom stereocenters. The van der Waals surface area contributed by atoms with Crippen LogP contribution in [0.5, 0.6) is 0 Å². The van der Waals surface area contributed by atoms with E-state index in [2.05, 4.69) is 41.5 Å². The van der Waals surface area contributed by atoms with Crippen LogP contribution in [0.2, 0.25) is 0 Å². The van der Waals surface area contributed by atoms with E-state index in [0.29, 0.717) is 0 Å². The number of anilines is 2. The minimum absolute atomic E-state index is 0.0159. The molecule has 0 saturated heterocycles. The molecular formula is C14H24N2. The number of hydrogen-bond donors (Lipinski definition) is 2. The molecule has 0 aromatic heterocycles. The molecule has 16 heavy (non-hydrogen) atoms. The second-order valence-electron chi connectivity index (χ2n) is 6.49. The first-order valence-corrected chi connectivity index (χ1v) is 5.74. The molecule has 0 radical (unpaired) electrons. The van der Waals surface area contributed by atoms with Gasteiger partial charge in [0.05, 0.1) is 0 Å². The zero-order valence-electron chi connectivity index (χ0n) is 11.3. The average Bonchev–Trinajstić information content (AvgIpc) is 2.04. The van der Waals surface area contributed by atoms with Gasteiger partial charge in [0.15, 0.2) is 0 Å². The molecule has 0 fully saturated rings. The highest BCUT2D eigenvalue weighted by Gasteiger charge is 2.28. The molecule has 1 aromatic carbocycles. The monoisotopic (exact) mass is 220 g/mol. The Balaban J connectivity index is 3.64. The van der Waals surface area contributed by atoms with Gasteiger partial charge in [0.1, 0.15) is 0 Å². The SMILES string of the molecule is CC(C)(C)c1c(N)ccc(N)c1C(C)(C)C. The van der Waals surface area contributed by atoms with Crippen molar-refractivity contribution in [3.8, 4) is 0 Å². The lowest BCUT2D eigenvalue weighted by atomic mass is 9.73. The molecule has 0 unspecified atom stereocenters. The lowest BCUT2D eigenvalue weighted by Crippen LogP contribution is -2.25. The van der Waals surface area contributed by atoms with E-state index < -0.39 is 0 Å². The van der Waals surface area contributed by atoms with Crippen molar-refractivity contribution in [2.24, 2.45) is 0 Å². The Kier molecular flexibility index (Phi) is 2.97. The Morgan fingerprint density at radius 1 is 0.688 bits per heavy atom. The fourth-order valence-electron chi connectivity index (χ4n) is 2.25. The number of hydrogen-bond acceptors (Lipinski definition) is 2. The maximum absolute atomic E-state index is 6.12. The van der Waals surface area contributed by atoms with Crippen LogP contribution in [0.1, 0.15) is 52.7 Å². The summed E-state index contributed by atoms with van der Waals surface area (Å²) < 4.78 is 0. The summed E-state index contributed by atoms with van der Waals surface area (Å²) in [4.78, 5) is 0. The predicted octanol–water partition coefficient (Wildman–Crippen LogP) is 3.45. The molecular weight excluding hydrogens is 196 g/mol. The standard InChI is InChI=1S/C14H24N2/c1-13(2,3)11-9(15)7-8-10(16)12(11)14(4,5)6/h7-8H,15-16H2,1-6H3. The zero-order chi connectivity index (χ0) is 12.7. The Hall–Kier alpha value is -1.18. The van der Waals surface area contributed by atoms with E-state index in [1.54, 1.807) is 0 Å². The first-order chi connectivity index (χ1) is 7.05. The van der Waals surface area contributed by atoms with E-state index in [1.165, 1.54) is 11.1 Å². The average molecular weight is 220 g/mol. The van der Waals surface area contributed by atoms with Gasteiger partial charge in [-0.25, -0.2) is 0 Å². The Morgan fingerprint density at radius 2 is 0.938 bits per heavy atom. The van der Waals surface area contributed by atoms with Gasteiger partial charge in [-0.3, -0.25) is 0 Å². The largest absolute Gasteiger partial charge is 0.398 e. The van der Waals surface area contributed by atoms with Crippen molar-refractivity contribution in [3.05, 3.63) is 23.3 Å². The molecule has 2 heteroatoms. The van der Waals surface area contributed by atoms with Crippen molar-refractivity contribution >= 4 is 11.4 Å². The summed E-state index contributed by atoms with van der Waals surface area (Å²) in [5.41, 5.74) is 16.3. The molecule has 2 nitrogen and oxygen atoms in total. The minimum Gasteiger partial charge on any atom is -0.398 e. The van der Waals surface area contributed by atoms with Crippen LogP contribution in [0.25, 0.3) is 0 Å². The molecule has 0 saturated carbocycles. The van der Waals surface area contributed by atoms with Crippen molar-refractivity contribution in [2.45, 2.75) is 52.4 Å². The van der Waals surface area contributed by atoms with Crippen molar-refractivity contribution < 1.29 is 0 Å². The lowest BCUT2D eigenvalue weighted by molar-refractivity contribution is 0.534. The van der Waals surface area contributed by atoms with Gasteiger partial charge < -0.3 is 11.5 Å². The van der Waals surface area contributed by atoms with Crippen LogP contribution in [0.3, 0.4) is 0 Å². The normalized spacial score (nSPS) is 12.9. The van der Waals surface area contributed by atoms with E-state index in [9.17, 15) is 0 Å². The van der Waals surface area contributed by atoms with Crippen molar-refractivity contribution in [3.63, 3.8) is 0 Å².